The van der Waals surface area contributed by atoms with Crippen molar-refractivity contribution in [2.75, 3.05) is 13.2 Å². The predicted molar refractivity (Wildman–Crippen MR) is 86.2 cm³/mol. The number of aromatic nitrogens is 1. The Morgan fingerprint density at radius 2 is 2.25 bits per heavy atom. The van der Waals surface area contributed by atoms with Crippen molar-refractivity contribution < 1.29 is 14.3 Å². The summed E-state index contributed by atoms with van der Waals surface area (Å²) >= 11 is 8.37. The molecular formula is C14H13ClINO3. The molecule has 0 saturated carbocycles. The highest BCUT2D eigenvalue weighted by atomic mass is 127. The Morgan fingerprint density at radius 3 is 3.00 bits per heavy atom. The lowest BCUT2D eigenvalue weighted by molar-refractivity contribution is -0.141. The molecule has 1 aromatic carbocycles. The number of esters is 1. The maximum absolute atomic E-state index is 10.7. The van der Waals surface area contributed by atoms with Crippen molar-refractivity contribution in [2.24, 2.45) is 0 Å². The number of ether oxygens (including phenoxy) is 2. The molecule has 0 N–H and O–H groups in total. The van der Waals surface area contributed by atoms with Crippen LogP contribution in [0, 0.1) is 3.57 Å². The van der Waals surface area contributed by atoms with Gasteiger partial charge < -0.3 is 9.47 Å². The maximum Gasteiger partial charge on any atom is 0.302 e. The summed E-state index contributed by atoms with van der Waals surface area (Å²) in [7, 11) is 0. The average Bonchev–Trinajstić information content (AvgIpc) is 2.41. The smallest absolute Gasteiger partial charge is 0.302 e. The van der Waals surface area contributed by atoms with E-state index in [2.05, 4.69) is 27.6 Å². The van der Waals surface area contributed by atoms with Gasteiger partial charge in [0.25, 0.3) is 0 Å². The second kappa shape index (κ2) is 7.08. The van der Waals surface area contributed by atoms with Gasteiger partial charge in [0.1, 0.15) is 5.52 Å². The number of benzene rings is 1. The molecule has 0 bridgehead atoms. The normalized spacial score (nSPS) is 10.6. The summed E-state index contributed by atoms with van der Waals surface area (Å²) in [5.41, 5.74) is 0.747. The number of hydrogen-bond acceptors (Lipinski definition) is 4. The van der Waals surface area contributed by atoms with Crippen LogP contribution in [-0.4, -0.2) is 24.2 Å². The molecule has 0 aliphatic rings. The Balaban J connectivity index is 2.11. The summed E-state index contributed by atoms with van der Waals surface area (Å²) < 4.78 is 11.5. The van der Waals surface area contributed by atoms with Gasteiger partial charge in [-0.25, -0.2) is 0 Å². The molecule has 106 valence electrons. The monoisotopic (exact) mass is 405 g/mol. The number of carbonyl (C=O) groups excluding carboxylic acids is 1. The summed E-state index contributed by atoms with van der Waals surface area (Å²) in [6.07, 6.45) is 2.34. The molecule has 4 nitrogen and oxygen atoms in total. The van der Waals surface area contributed by atoms with E-state index in [-0.39, 0.29) is 5.97 Å². The molecule has 0 aliphatic carbocycles. The van der Waals surface area contributed by atoms with Gasteiger partial charge in [-0.15, -0.1) is 0 Å². The molecule has 1 heterocycles. The van der Waals surface area contributed by atoms with Gasteiger partial charge >= 0.3 is 5.97 Å². The third kappa shape index (κ3) is 3.73. The third-order valence-corrected chi connectivity index (χ3v) is 3.70. The van der Waals surface area contributed by atoms with Crippen molar-refractivity contribution in [3.63, 3.8) is 0 Å². The van der Waals surface area contributed by atoms with E-state index in [4.69, 9.17) is 21.1 Å². The lowest BCUT2D eigenvalue weighted by Gasteiger charge is -2.11. The van der Waals surface area contributed by atoms with Crippen molar-refractivity contribution in [1.82, 2.24) is 4.98 Å². The van der Waals surface area contributed by atoms with E-state index in [1.165, 1.54) is 6.92 Å². The van der Waals surface area contributed by atoms with Crippen molar-refractivity contribution >= 4 is 51.1 Å². The lowest BCUT2D eigenvalue weighted by Crippen LogP contribution is -2.07. The minimum atomic E-state index is -0.279. The van der Waals surface area contributed by atoms with E-state index in [0.29, 0.717) is 30.4 Å². The Labute approximate surface area is 135 Å². The first-order valence-electron chi connectivity index (χ1n) is 6.08. The zero-order valence-electron chi connectivity index (χ0n) is 10.9. The van der Waals surface area contributed by atoms with Crippen LogP contribution < -0.4 is 4.74 Å². The number of nitrogens with zero attached hydrogens (tertiary/aromatic N) is 1. The fourth-order valence-corrected chi connectivity index (χ4v) is 2.90. The van der Waals surface area contributed by atoms with Crippen LogP contribution in [0.3, 0.4) is 0 Å². The van der Waals surface area contributed by atoms with Crippen LogP contribution in [0.5, 0.6) is 5.75 Å². The van der Waals surface area contributed by atoms with Crippen LogP contribution in [0.2, 0.25) is 5.02 Å². The van der Waals surface area contributed by atoms with Gasteiger partial charge in [0.05, 0.1) is 21.8 Å². The van der Waals surface area contributed by atoms with Crippen LogP contribution in [-0.2, 0) is 9.53 Å². The first kappa shape index (κ1) is 15.3. The minimum Gasteiger partial charge on any atom is -0.490 e. The molecule has 1 aromatic heterocycles. The van der Waals surface area contributed by atoms with E-state index >= 15 is 0 Å². The fraction of sp³-hybridized carbons (Fsp3) is 0.286. The molecule has 0 saturated heterocycles. The Hall–Kier alpha value is -1.08. The number of hydrogen-bond donors (Lipinski definition) is 0. The first-order chi connectivity index (χ1) is 9.59. The van der Waals surface area contributed by atoms with E-state index in [9.17, 15) is 4.79 Å². The van der Waals surface area contributed by atoms with Crippen molar-refractivity contribution in [1.29, 1.82) is 0 Å². The number of halogens is 2. The second-order valence-electron chi connectivity index (χ2n) is 4.11. The SMILES string of the molecule is CC(=O)OCCCOc1c(I)cc(Cl)c2cccnc12. The van der Waals surface area contributed by atoms with Crippen LogP contribution in [0.15, 0.2) is 24.4 Å². The molecule has 0 atom stereocenters. The lowest BCUT2D eigenvalue weighted by atomic mass is 10.2. The Kier molecular flexibility index (Phi) is 5.42. The van der Waals surface area contributed by atoms with E-state index in [0.717, 1.165) is 14.5 Å². The molecular weight excluding hydrogens is 393 g/mol. The van der Waals surface area contributed by atoms with Crippen molar-refractivity contribution in [3.8, 4) is 5.75 Å². The highest BCUT2D eigenvalue weighted by Gasteiger charge is 2.11. The molecule has 20 heavy (non-hydrogen) atoms. The molecule has 0 spiro atoms. The zero-order chi connectivity index (χ0) is 14.5. The summed E-state index contributed by atoms with van der Waals surface area (Å²) in [6.45, 7) is 2.20. The molecule has 0 fully saturated rings. The third-order valence-electron chi connectivity index (χ3n) is 2.59. The molecule has 2 aromatic rings. The number of fused-ring (bicyclic) bond motifs is 1. The fourth-order valence-electron chi connectivity index (χ4n) is 1.73. The quantitative estimate of drug-likeness (QED) is 0.431. The highest BCUT2D eigenvalue weighted by molar-refractivity contribution is 14.1. The van der Waals surface area contributed by atoms with Crippen LogP contribution in [0.4, 0.5) is 0 Å². The van der Waals surface area contributed by atoms with Gasteiger partial charge in [-0.1, -0.05) is 11.6 Å². The van der Waals surface area contributed by atoms with Gasteiger partial charge in [-0.2, -0.15) is 0 Å². The van der Waals surface area contributed by atoms with Crippen LogP contribution in [0.1, 0.15) is 13.3 Å². The predicted octanol–water partition coefficient (Wildman–Crippen LogP) is 3.82. The van der Waals surface area contributed by atoms with Gasteiger partial charge in [-0.05, 0) is 40.8 Å². The van der Waals surface area contributed by atoms with Gasteiger partial charge in [0.2, 0.25) is 0 Å². The summed E-state index contributed by atoms with van der Waals surface area (Å²) in [6, 6.07) is 5.60. The first-order valence-corrected chi connectivity index (χ1v) is 7.54. The second-order valence-corrected chi connectivity index (χ2v) is 5.68. The molecule has 0 aliphatic heterocycles. The van der Waals surface area contributed by atoms with Crippen LogP contribution in [0.25, 0.3) is 10.9 Å². The number of pyridine rings is 1. The molecule has 0 unspecified atom stereocenters. The van der Waals surface area contributed by atoms with Gasteiger partial charge in [-0.3, -0.25) is 9.78 Å². The van der Waals surface area contributed by atoms with Gasteiger partial charge in [0, 0.05) is 24.9 Å². The summed E-state index contributed by atoms with van der Waals surface area (Å²) in [5, 5.41) is 1.52. The largest absolute Gasteiger partial charge is 0.490 e. The zero-order valence-corrected chi connectivity index (χ0v) is 13.8. The molecule has 6 heteroatoms. The maximum atomic E-state index is 10.7. The minimum absolute atomic E-state index is 0.279. The summed E-state index contributed by atoms with van der Waals surface area (Å²) in [5.74, 6) is 0.437. The van der Waals surface area contributed by atoms with E-state index in [1.54, 1.807) is 6.20 Å². The van der Waals surface area contributed by atoms with Crippen molar-refractivity contribution in [3.05, 3.63) is 33.0 Å². The number of rotatable bonds is 5. The molecule has 0 radical (unpaired) electrons. The molecule has 2 rings (SSSR count). The van der Waals surface area contributed by atoms with E-state index in [1.807, 2.05) is 18.2 Å². The van der Waals surface area contributed by atoms with E-state index < -0.39 is 0 Å². The standard InChI is InChI=1S/C14H13ClINO3/c1-9(18)19-6-3-7-20-14-12(16)8-11(15)10-4-2-5-17-13(10)14/h2,4-5,8H,3,6-7H2,1H3. The topological polar surface area (TPSA) is 48.4 Å². The Morgan fingerprint density at radius 1 is 1.45 bits per heavy atom. The highest BCUT2D eigenvalue weighted by Crippen LogP contribution is 2.34. The summed E-state index contributed by atoms with van der Waals surface area (Å²) in [4.78, 5) is 15.0. The number of carbonyl (C=O) groups is 1. The van der Waals surface area contributed by atoms with Crippen molar-refractivity contribution in [2.45, 2.75) is 13.3 Å². The Bertz CT molecular complexity index is 633. The average molecular weight is 406 g/mol. The van der Waals surface area contributed by atoms with Crippen LogP contribution >= 0.6 is 34.2 Å². The van der Waals surface area contributed by atoms with Gasteiger partial charge in [0.15, 0.2) is 5.75 Å². The molecule has 0 amide bonds.